The molecule has 1 aliphatic rings. The summed E-state index contributed by atoms with van der Waals surface area (Å²) in [7, 11) is 0. The van der Waals surface area contributed by atoms with Crippen molar-refractivity contribution in [2.45, 2.75) is 52.6 Å². The molecule has 0 N–H and O–H groups in total. The van der Waals surface area contributed by atoms with Gasteiger partial charge in [-0.05, 0) is 52.2 Å². The molecule has 1 aliphatic heterocycles. The van der Waals surface area contributed by atoms with E-state index in [2.05, 4.69) is 18.1 Å². The fraction of sp³-hybridized carbons (Fsp3) is 0.529. The highest BCUT2D eigenvalue weighted by Crippen LogP contribution is 2.23. The van der Waals surface area contributed by atoms with Crippen LogP contribution in [0.15, 0.2) is 22.8 Å². The maximum absolute atomic E-state index is 12.8. The van der Waals surface area contributed by atoms with Crippen LogP contribution in [0.5, 0.6) is 0 Å². The van der Waals surface area contributed by atoms with E-state index in [1.54, 1.807) is 6.26 Å². The minimum Gasteiger partial charge on any atom is -0.459 e. The SMILES string of the molecule is Cc1cc(C)n(C[C@@H]2CCCCN2C(=O)c2occc2C)n1. The number of aryl methyl sites for hydroxylation is 3. The van der Waals surface area contributed by atoms with Crippen LogP contribution in [0.25, 0.3) is 0 Å². The van der Waals surface area contributed by atoms with Crippen molar-refractivity contribution in [3.05, 3.63) is 41.1 Å². The molecular weight excluding hydrogens is 278 g/mol. The smallest absolute Gasteiger partial charge is 0.290 e. The van der Waals surface area contributed by atoms with E-state index in [9.17, 15) is 4.79 Å². The standard InChI is InChI=1S/C17H23N3O2/c1-12-7-9-22-16(12)17(21)19-8-5-4-6-15(19)11-20-14(3)10-13(2)18-20/h7,9-10,15H,4-6,8,11H2,1-3H3/t15-/m0/s1. The maximum Gasteiger partial charge on any atom is 0.290 e. The lowest BCUT2D eigenvalue weighted by Gasteiger charge is -2.35. The van der Waals surface area contributed by atoms with Crippen molar-refractivity contribution in [3.8, 4) is 0 Å². The predicted octanol–water partition coefficient (Wildman–Crippen LogP) is 3.10. The maximum atomic E-state index is 12.8. The molecule has 1 saturated heterocycles. The van der Waals surface area contributed by atoms with Crippen molar-refractivity contribution >= 4 is 5.91 Å². The molecule has 0 saturated carbocycles. The number of aromatic nitrogens is 2. The van der Waals surface area contributed by atoms with E-state index in [1.807, 2.05) is 29.5 Å². The molecule has 0 unspecified atom stereocenters. The van der Waals surface area contributed by atoms with Gasteiger partial charge in [0.05, 0.1) is 24.5 Å². The van der Waals surface area contributed by atoms with Crippen LogP contribution in [0.3, 0.4) is 0 Å². The van der Waals surface area contributed by atoms with Gasteiger partial charge in [-0.3, -0.25) is 9.48 Å². The summed E-state index contributed by atoms with van der Waals surface area (Å²) in [5.74, 6) is 0.481. The Kier molecular flexibility index (Phi) is 4.05. The van der Waals surface area contributed by atoms with Gasteiger partial charge in [0.1, 0.15) is 0 Å². The zero-order chi connectivity index (χ0) is 15.7. The van der Waals surface area contributed by atoms with Crippen molar-refractivity contribution in [1.29, 1.82) is 0 Å². The van der Waals surface area contributed by atoms with E-state index in [4.69, 9.17) is 4.42 Å². The molecule has 1 atom stereocenters. The van der Waals surface area contributed by atoms with E-state index in [1.165, 1.54) is 0 Å². The molecule has 118 valence electrons. The van der Waals surface area contributed by atoms with E-state index in [0.29, 0.717) is 5.76 Å². The quantitative estimate of drug-likeness (QED) is 0.875. The number of carbonyl (C=O) groups is 1. The van der Waals surface area contributed by atoms with Gasteiger partial charge >= 0.3 is 0 Å². The number of amides is 1. The minimum atomic E-state index is 0.00808. The number of rotatable bonds is 3. The van der Waals surface area contributed by atoms with Crippen LogP contribution in [-0.4, -0.2) is 33.2 Å². The molecule has 0 aromatic carbocycles. The van der Waals surface area contributed by atoms with Crippen LogP contribution >= 0.6 is 0 Å². The molecule has 2 aromatic rings. The number of piperidine rings is 1. The molecule has 2 aromatic heterocycles. The van der Waals surface area contributed by atoms with Crippen LogP contribution in [0.4, 0.5) is 0 Å². The second kappa shape index (κ2) is 5.99. The monoisotopic (exact) mass is 301 g/mol. The van der Waals surface area contributed by atoms with Gasteiger partial charge in [0.2, 0.25) is 0 Å². The summed E-state index contributed by atoms with van der Waals surface area (Å²) in [4.78, 5) is 14.7. The second-order valence-corrected chi connectivity index (χ2v) is 6.19. The Hall–Kier alpha value is -2.04. The number of likely N-dealkylation sites (tertiary alicyclic amines) is 1. The zero-order valence-electron chi connectivity index (χ0n) is 13.5. The van der Waals surface area contributed by atoms with Gasteiger partial charge < -0.3 is 9.32 Å². The lowest BCUT2D eigenvalue weighted by atomic mass is 10.0. The van der Waals surface area contributed by atoms with Crippen molar-refractivity contribution in [1.82, 2.24) is 14.7 Å². The van der Waals surface area contributed by atoms with Crippen LogP contribution in [0, 0.1) is 20.8 Å². The van der Waals surface area contributed by atoms with Crippen molar-refractivity contribution in [2.75, 3.05) is 6.54 Å². The minimum absolute atomic E-state index is 0.00808. The fourth-order valence-electron chi connectivity index (χ4n) is 3.24. The summed E-state index contributed by atoms with van der Waals surface area (Å²) in [6.45, 7) is 7.52. The first kappa shape index (κ1) is 14.9. The highest BCUT2D eigenvalue weighted by atomic mass is 16.3. The van der Waals surface area contributed by atoms with Gasteiger partial charge in [-0.1, -0.05) is 0 Å². The third-order valence-electron chi connectivity index (χ3n) is 4.43. The highest BCUT2D eigenvalue weighted by Gasteiger charge is 2.30. The lowest BCUT2D eigenvalue weighted by Crippen LogP contribution is -2.46. The Morgan fingerprint density at radius 3 is 2.82 bits per heavy atom. The molecule has 1 amide bonds. The van der Waals surface area contributed by atoms with Gasteiger partial charge in [0, 0.05) is 17.8 Å². The molecule has 0 aliphatic carbocycles. The molecule has 3 heterocycles. The van der Waals surface area contributed by atoms with Crippen molar-refractivity contribution < 1.29 is 9.21 Å². The van der Waals surface area contributed by atoms with Crippen LogP contribution in [-0.2, 0) is 6.54 Å². The van der Waals surface area contributed by atoms with E-state index in [-0.39, 0.29) is 11.9 Å². The molecule has 3 rings (SSSR count). The third-order valence-corrected chi connectivity index (χ3v) is 4.43. The summed E-state index contributed by atoms with van der Waals surface area (Å²) in [6, 6.07) is 4.10. The van der Waals surface area contributed by atoms with E-state index < -0.39 is 0 Å². The zero-order valence-corrected chi connectivity index (χ0v) is 13.5. The average molecular weight is 301 g/mol. The first-order valence-corrected chi connectivity index (χ1v) is 7.92. The highest BCUT2D eigenvalue weighted by molar-refractivity contribution is 5.93. The van der Waals surface area contributed by atoms with Crippen LogP contribution in [0.2, 0.25) is 0 Å². The third kappa shape index (κ3) is 2.80. The number of furan rings is 1. The molecule has 22 heavy (non-hydrogen) atoms. The molecular formula is C17H23N3O2. The summed E-state index contributed by atoms with van der Waals surface area (Å²) in [6.07, 6.45) is 4.82. The summed E-state index contributed by atoms with van der Waals surface area (Å²) in [5, 5.41) is 4.53. The predicted molar refractivity (Wildman–Crippen MR) is 83.8 cm³/mol. The van der Waals surface area contributed by atoms with Crippen LogP contribution < -0.4 is 0 Å². The van der Waals surface area contributed by atoms with Crippen LogP contribution in [0.1, 0.15) is 46.8 Å². The second-order valence-electron chi connectivity index (χ2n) is 6.19. The molecule has 0 radical (unpaired) electrons. The van der Waals surface area contributed by atoms with Gasteiger partial charge in [0.15, 0.2) is 5.76 Å². The summed E-state index contributed by atoms with van der Waals surface area (Å²) >= 11 is 0. The molecule has 0 bridgehead atoms. The molecule has 5 nitrogen and oxygen atoms in total. The number of hydrogen-bond donors (Lipinski definition) is 0. The van der Waals surface area contributed by atoms with E-state index >= 15 is 0 Å². The first-order valence-electron chi connectivity index (χ1n) is 7.92. The average Bonchev–Trinajstić information content (AvgIpc) is 3.05. The summed E-state index contributed by atoms with van der Waals surface area (Å²) < 4.78 is 7.41. The van der Waals surface area contributed by atoms with Gasteiger partial charge in [-0.15, -0.1) is 0 Å². The fourth-order valence-corrected chi connectivity index (χ4v) is 3.24. The Morgan fingerprint density at radius 2 is 2.18 bits per heavy atom. The Morgan fingerprint density at radius 1 is 1.36 bits per heavy atom. The Bertz CT molecular complexity index is 671. The first-order chi connectivity index (χ1) is 10.6. The number of carbonyl (C=O) groups excluding carboxylic acids is 1. The Balaban J connectivity index is 1.81. The van der Waals surface area contributed by atoms with Gasteiger partial charge in [0.25, 0.3) is 5.91 Å². The molecule has 1 fully saturated rings. The largest absolute Gasteiger partial charge is 0.459 e. The lowest BCUT2D eigenvalue weighted by molar-refractivity contribution is 0.0549. The molecule has 0 spiro atoms. The molecule has 5 heteroatoms. The van der Waals surface area contributed by atoms with Crippen molar-refractivity contribution in [2.24, 2.45) is 0 Å². The Labute approximate surface area is 130 Å². The number of hydrogen-bond acceptors (Lipinski definition) is 3. The van der Waals surface area contributed by atoms with Crippen molar-refractivity contribution in [3.63, 3.8) is 0 Å². The van der Waals surface area contributed by atoms with Gasteiger partial charge in [-0.25, -0.2) is 0 Å². The normalized spacial score (nSPS) is 18.7. The van der Waals surface area contributed by atoms with Gasteiger partial charge in [-0.2, -0.15) is 5.10 Å². The summed E-state index contributed by atoms with van der Waals surface area (Å²) in [5.41, 5.74) is 3.07. The van der Waals surface area contributed by atoms with E-state index in [0.717, 1.165) is 49.3 Å². The number of nitrogens with zero attached hydrogens (tertiary/aromatic N) is 3. The topological polar surface area (TPSA) is 51.3 Å².